The molecule has 138 valence electrons. The molecule has 8 nitrogen and oxygen atoms in total. The van der Waals surface area contributed by atoms with Gasteiger partial charge >= 0.3 is 5.97 Å². The van der Waals surface area contributed by atoms with Crippen LogP contribution in [0.3, 0.4) is 0 Å². The zero-order valence-electron chi connectivity index (χ0n) is 13.9. The lowest BCUT2D eigenvalue weighted by Crippen LogP contribution is -2.48. The third-order valence-corrected chi connectivity index (χ3v) is 4.30. The van der Waals surface area contributed by atoms with E-state index in [1.165, 1.54) is 4.90 Å². The summed E-state index contributed by atoms with van der Waals surface area (Å²) in [7, 11) is 0. The topological polar surface area (TPSA) is 106 Å². The van der Waals surface area contributed by atoms with Gasteiger partial charge in [0.2, 0.25) is 17.6 Å². The Morgan fingerprint density at radius 2 is 2.08 bits per heavy atom. The summed E-state index contributed by atoms with van der Waals surface area (Å²) in [5.74, 6) is -0.228. The molecular weight excluding hydrogens is 362 g/mol. The van der Waals surface area contributed by atoms with Gasteiger partial charge in [0.15, 0.2) is 6.10 Å². The van der Waals surface area contributed by atoms with E-state index < -0.39 is 12.1 Å². The van der Waals surface area contributed by atoms with E-state index in [0.29, 0.717) is 36.1 Å². The Bertz CT molecular complexity index is 777. The molecule has 1 aromatic carbocycles. The second-order valence-electron chi connectivity index (χ2n) is 5.91. The number of hydrogen-bond acceptors (Lipinski definition) is 6. The molecule has 0 aliphatic carbocycles. The van der Waals surface area contributed by atoms with Gasteiger partial charge in [0.05, 0.1) is 13.2 Å². The number of aromatic nitrogens is 2. The van der Waals surface area contributed by atoms with Crippen molar-refractivity contribution in [3.05, 3.63) is 35.2 Å². The first-order valence-electron chi connectivity index (χ1n) is 8.23. The normalized spacial score (nSPS) is 17.3. The molecule has 1 N–H and O–H groups in total. The van der Waals surface area contributed by atoms with E-state index >= 15 is 0 Å². The zero-order chi connectivity index (χ0) is 18.5. The van der Waals surface area contributed by atoms with Crippen molar-refractivity contribution in [3.8, 4) is 11.4 Å². The number of aliphatic carboxylic acids is 1. The van der Waals surface area contributed by atoms with Crippen LogP contribution in [0.5, 0.6) is 0 Å². The van der Waals surface area contributed by atoms with Crippen molar-refractivity contribution in [2.75, 3.05) is 19.7 Å². The van der Waals surface area contributed by atoms with Gasteiger partial charge in [-0.25, -0.2) is 4.79 Å². The molecule has 1 fully saturated rings. The minimum atomic E-state index is -1.05. The number of morpholine rings is 1. The Hall–Kier alpha value is -2.45. The van der Waals surface area contributed by atoms with Gasteiger partial charge < -0.3 is 19.3 Å². The maximum absolute atomic E-state index is 12.2. The van der Waals surface area contributed by atoms with Crippen LogP contribution in [0.2, 0.25) is 5.02 Å². The lowest BCUT2D eigenvalue weighted by Gasteiger charge is -2.30. The third-order valence-electron chi connectivity index (χ3n) is 4.05. The van der Waals surface area contributed by atoms with Gasteiger partial charge in [0, 0.05) is 30.0 Å². The van der Waals surface area contributed by atoms with E-state index in [9.17, 15) is 9.59 Å². The highest BCUT2D eigenvalue weighted by Crippen LogP contribution is 2.19. The van der Waals surface area contributed by atoms with Crippen LogP contribution in [0.15, 0.2) is 28.8 Å². The van der Waals surface area contributed by atoms with Crippen molar-refractivity contribution in [1.29, 1.82) is 0 Å². The van der Waals surface area contributed by atoms with Crippen LogP contribution in [0.4, 0.5) is 0 Å². The number of ether oxygens (including phenoxy) is 1. The molecule has 0 saturated carbocycles. The molecule has 3 rings (SSSR count). The first kappa shape index (κ1) is 18.3. The quantitative estimate of drug-likeness (QED) is 0.818. The minimum absolute atomic E-state index is 0.0788. The molecule has 1 amide bonds. The first-order chi connectivity index (χ1) is 12.5. The monoisotopic (exact) mass is 379 g/mol. The molecule has 1 aromatic heterocycles. The van der Waals surface area contributed by atoms with Gasteiger partial charge in [-0.2, -0.15) is 4.98 Å². The lowest BCUT2D eigenvalue weighted by molar-refractivity contribution is -0.159. The van der Waals surface area contributed by atoms with Crippen LogP contribution in [0, 0.1) is 0 Å². The SMILES string of the molecule is O=C(O)C1CN(C(=O)CCCc2nc(-c3ccc(Cl)cc3)no2)CCO1. The second-order valence-corrected chi connectivity index (χ2v) is 6.35. The summed E-state index contributed by atoms with van der Waals surface area (Å²) in [6.45, 7) is 0.718. The molecule has 26 heavy (non-hydrogen) atoms. The van der Waals surface area contributed by atoms with Crippen LogP contribution in [0.1, 0.15) is 18.7 Å². The highest BCUT2D eigenvalue weighted by Gasteiger charge is 2.28. The molecule has 0 bridgehead atoms. The van der Waals surface area contributed by atoms with E-state index in [2.05, 4.69) is 10.1 Å². The largest absolute Gasteiger partial charge is 0.479 e. The minimum Gasteiger partial charge on any atom is -0.479 e. The van der Waals surface area contributed by atoms with E-state index in [1.807, 2.05) is 0 Å². The molecule has 1 aliphatic heterocycles. The predicted molar refractivity (Wildman–Crippen MR) is 91.6 cm³/mol. The van der Waals surface area contributed by atoms with Crippen molar-refractivity contribution < 1.29 is 24.0 Å². The fraction of sp³-hybridized carbons (Fsp3) is 0.412. The van der Waals surface area contributed by atoms with Crippen LogP contribution in [0.25, 0.3) is 11.4 Å². The van der Waals surface area contributed by atoms with E-state index in [-0.39, 0.29) is 25.5 Å². The first-order valence-corrected chi connectivity index (χ1v) is 8.61. The van der Waals surface area contributed by atoms with Gasteiger partial charge in [0.25, 0.3) is 0 Å². The fourth-order valence-electron chi connectivity index (χ4n) is 2.65. The number of amides is 1. The van der Waals surface area contributed by atoms with Crippen LogP contribution in [-0.4, -0.2) is 57.8 Å². The standard InChI is InChI=1S/C17H18ClN3O5/c18-12-6-4-11(5-7-12)16-19-14(26-20-16)2-1-3-15(22)21-8-9-25-13(10-21)17(23)24/h4-7,13H,1-3,8-10H2,(H,23,24). The smallest absolute Gasteiger partial charge is 0.334 e. The molecule has 9 heteroatoms. The summed E-state index contributed by atoms with van der Waals surface area (Å²) in [6, 6.07) is 7.10. The molecule has 1 saturated heterocycles. The van der Waals surface area contributed by atoms with Crippen LogP contribution < -0.4 is 0 Å². The van der Waals surface area contributed by atoms with E-state index in [4.69, 9.17) is 26.0 Å². The number of carbonyl (C=O) groups is 2. The summed E-state index contributed by atoms with van der Waals surface area (Å²) in [6.07, 6.45) is 0.339. The highest BCUT2D eigenvalue weighted by molar-refractivity contribution is 6.30. The Morgan fingerprint density at radius 1 is 1.31 bits per heavy atom. The molecule has 1 aliphatic rings. The number of nitrogens with zero attached hydrogens (tertiary/aromatic N) is 3. The number of benzene rings is 1. The molecular formula is C17H18ClN3O5. The Balaban J connectivity index is 1.48. The van der Waals surface area contributed by atoms with Crippen molar-refractivity contribution in [2.45, 2.75) is 25.4 Å². The molecule has 1 unspecified atom stereocenters. The number of rotatable bonds is 6. The average Bonchev–Trinajstić information content (AvgIpc) is 3.11. The maximum Gasteiger partial charge on any atom is 0.334 e. The van der Waals surface area contributed by atoms with Crippen molar-refractivity contribution in [1.82, 2.24) is 15.0 Å². The number of hydrogen-bond donors (Lipinski definition) is 1. The molecule has 1 atom stereocenters. The number of halogens is 1. The van der Waals surface area contributed by atoms with Crippen LogP contribution in [-0.2, 0) is 20.7 Å². The van der Waals surface area contributed by atoms with Crippen molar-refractivity contribution in [3.63, 3.8) is 0 Å². The Labute approximate surface area is 154 Å². The number of aryl methyl sites for hydroxylation is 1. The van der Waals surface area contributed by atoms with Crippen molar-refractivity contribution >= 4 is 23.5 Å². The number of carbonyl (C=O) groups excluding carboxylic acids is 1. The Morgan fingerprint density at radius 3 is 2.81 bits per heavy atom. The highest BCUT2D eigenvalue weighted by atomic mass is 35.5. The molecule has 2 heterocycles. The third kappa shape index (κ3) is 4.59. The number of carboxylic acids is 1. The van der Waals surface area contributed by atoms with Gasteiger partial charge in [-0.1, -0.05) is 16.8 Å². The molecule has 0 radical (unpaired) electrons. The molecule has 0 spiro atoms. The van der Waals surface area contributed by atoms with Gasteiger partial charge in [-0.3, -0.25) is 4.79 Å². The van der Waals surface area contributed by atoms with Gasteiger partial charge in [0.1, 0.15) is 0 Å². The Kier molecular flexibility index (Phi) is 5.85. The summed E-state index contributed by atoms with van der Waals surface area (Å²) >= 11 is 5.85. The zero-order valence-corrected chi connectivity index (χ0v) is 14.7. The van der Waals surface area contributed by atoms with Gasteiger partial charge in [-0.15, -0.1) is 0 Å². The summed E-state index contributed by atoms with van der Waals surface area (Å²) in [4.78, 5) is 29.0. The van der Waals surface area contributed by atoms with E-state index in [0.717, 1.165) is 5.56 Å². The molecule has 2 aromatic rings. The van der Waals surface area contributed by atoms with Crippen LogP contribution >= 0.6 is 11.6 Å². The number of carboxylic acid groups (broad SMARTS) is 1. The predicted octanol–water partition coefficient (Wildman–Crippen LogP) is 2.02. The maximum atomic E-state index is 12.2. The van der Waals surface area contributed by atoms with Gasteiger partial charge in [-0.05, 0) is 30.7 Å². The summed E-state index contributed by atoms with van der Waals surface area (Å²) in [5, 5.41) is 13.5. The second kappa shape index (κ2) is 8.29. The summed E-state index contributed by atoms with van der Waals surface area (Å²) in [5.41, 5.74) is 0.800. The lowest BCUT2D eigenvalue weighted by atomic mass is 10.2. The van der Waals surface area contributed by atoms with Crippen molar-refractivity contribution in [2.24, 2.45) is 0 Å². The average molecular weight is 380 g/mol. The van der Waals surface area contributed by atoms with E-state index in [1.54, 1.807) is 24.3 Å². The summed E-state index contributed by atoms with van der Waals surface area (Å²) < 4.78 is 10.3. The fourth-order valence-corrected chi connectivity index (χ4v) is 2.77.